The van der Waals surface area contributed by atoms with Crippen molar-refractivity contribution < 1.29 is 5.11 Å². The van der Waals surface area contributed by atoms with Crippen LogP contribution in [0.5, 0.6) is 0 Å². The molecule has 2 atom stereocenters. The van der Waals surface area contributed by atoms with Crippen LogP contribution in [0.4, 0.5) is 0 Å². The molecular weight excluding hydrogens is 270 g/mol. The molecule has 0 aliphatic rings. The van der Waals surface area contributed by atoms with Gasteiger partial charge in [0, 0.05) is 17.8 Å². The first-order chi connectivity index (χ1) is 7.49. The molecule has 92 valence electrons. The second-order valence-electron chi connectivity index (χ2n) is 4.50. The molecular formula is C11H20BrN3O. The Bertz CT molecular complexity index is 323. The maximum atomic E-state index is 9.31. The zero-order valence-corrected chi connectivity index (χ0v) is 11.7. The largest absolute Gasteiger partial charge is 0.394 e. The first kappa shape index (κ1) is 13.7. The highest BCUT2D eigenvalue weighted by molar-refractivity contribution is 9.10. The maximum Gasteiger partial charge on any atom is 0.0632 e. The average molecular weight is 290 g/mol. The number of hydrogen-bond donors (Lipinski definition) is 2. The molecule has 0 bridgehead atoms. The summed E-state index contributed by atoms with van der Waals surface area (Å²) < 4.78 is 2.87. The van der Waals surface area contributed by atoms with Gasteiger partial charge in [-0.3, -0.25) is 4.68 Å². The molecule has 0 spiro atoms. The Balaban J connectivity index is 2.50. The van der Waals surface area contributed by atoms with Gasteiger partial charge in [-0.25, -0.2) is 0 Å². The molecule has 0 saturated carbocycles. The summed E-state index contributed by atoms with van der Waals surface area (Å²) in [6.07, 6.45) is 4.62. The summed E-state index contributed by atoms with van der Waals surface area (Å²) in [6.45, 7) is 7.14. The first-order valence-corrected chi connectivity index (χ1v) is 6.35. The van der Waals surface area contributed by atoms with Crippen molar-refractivity contribution in [3.05, 3.63) is 16.9 Å². The topological polar surface area (TPSA) is 50.1 Å². The normalized spacial score (nSPS) is 17.1. The number of aromatic nitrogens is 2. The molecule has 0 aliphatic carbocycles. The fraction of sp³-hybridized carbons (Fsp3) is 0.727. The highest BCUT2D eigenvalue weighted by Gasteiger charge is 2.22. The standard InChI is InChI=1S/C11H20BrN3O/c1-4-11(3,8-16)14-9(2)6-15-7-10(12)5-13-15/h5,7,9,14,16H,4,6,8H2,1-3H3. The third kappa shape index (κ3) is 3.88. The van der Waals surface area contributed by atoms with Gasteiger partial charge in [-0.05, 0) is 36.2 Å². The van der Waals surface area contributed by atoms with E-state index in [1.165, 1.54) is 0 Å². The lowest BCUT2D eigenvalue weighted by atomic mass is 9.99. The summed E-state index contributed by atoms with van der Waals surface area (Å²) in [5, 5.41) is 16.9. The Morgan fingerprint density at radius 3 is 2.81 bits per heavy atom. The van der Waals surface area contributed by atoms with Gasteiger partial charge in [0.25, 0.3) is 0 Å². The molecule has 1 aromatic heterocycles. The molecule has 2 unspecified atom stereocenters. The van der Waals surface area contributed by atoms with E-state index in [2.05, 4.69) is 40.2 Å². The molecule has 4 nitrogen and oxygen atoms in total. The van der Waals surface area contributed by atoms with Crippen LogP contribution in [0.25, 0.3) is 0 Å². The van der Waals surface area contributed by atoms with Gasteiger partial charge in [0.15, 0.2) is 0 Å². The van der Waals surface area contributed by atoms with Crippen molar-refractivity contribution in [1.82, 2.24) is 15.1 Å². The van der Waals surface area contributed by atoms with E-state index in [1.54, 1.807) is 6.20 Å². The number of aliphatic hydroxyl groups is 1. The minimum Gasteiger partial charge on any atom is -0.394 e. The van der Waals surface area contributed by atoms with Crippen molar-refractivity contribution in [1.29, 1.82) is 0 Å². The SMILES string of the molecule is CCC(C)(CO)NC(C)Cn1cc(Br)cn1. The van der Waals surface area contributed by atoms with Gasteiger partial charge in [-0.2, -0.15) is 5.10 Å². The Morgan fingerprint density at radius 1 is 1.69 bits per heavy atom. The van der Waals surface area contributed by atoms with Crippen LogP contribution in [0.2, 0.25) is 0 Å². The predicted molar refractivity (Wildman–Crippen MR) is 68.3 cm³/mol. The van der Waals surface area contributed by atoms with Gasteiger partial charge in [-0.15, -0.1) is 0 Å². The Morgan fingerprint density at radius 2 is 2.38 bits per heavy atom. The summed E-state index contributed by atoms with van der Waals surface area (Å²) in [6, 6.07) is 0.267. The molecule has 0 amide bonds. The highest BCUT2D eigenvalue weighted by atomic mass is 79.9. The summed E-state index contributed by atoms with van der Waals surface area (Å²) in [5.74, 6) is 0. The van der Waals surface area contributed by atoms with Gasteiger partial charge in [0.2, 0.25) is 0 Å². The van der Waals surface area contributed by atoms with Crippen molar-refractivity contribution in [2.24, 2.45) is 0 Å². The lowest BCUT2D eigenvalue weighted by molar-refractivity contribution is 0.155. The second-order valence-corrected chi connectivity index (χ2v) is 5.41. The van der Waals surface area contributed by atoms with Crippen LogP contribution in [0.15, 0.2) is 16.9 Å². The molecule has 1 aromatic rings. The molecule has 1 heterocycles. The smallest absolute Gasteiger partial charge is 0.0632 e. The highest BCUT2D eigenvalue weighted by Crippen LogP contribution is 2.11. The van der Waals surface area contributed by atoms with E-state index >= 15 is 0 Å². The average Bonchev–Trinajstić information content (AvgIpc) is 2.63. The van der Waals surface area contributed by atoms with Gasteiger partial charge >= 0.3 is 0 Å². The van der Waals surface area contributed by atoms with E-state index in [0.717, 1.165) is 17.4 Å². The van der Waals surface area contributed by atoms with Crippen LogP contribution in [0.1, 0.15) is 27.2 Å². The molecule has 0 aromatic carbocycles. The van der Waals surface area contributed by atoms with Crippen LogP contribution < -0.4 is 5.32 Å². The zero-order chi connectivity index (χ0) is 12.2. The predicted octanol–water partition coefficient (Wildman–Crippen LogP) is 1.78. The number of halogens is 1. The van der Waals surface area contributed by atoms with Crippen LogP contribution in [0.3, 0.4) is 0 Å². The number of rotatable bonds is 6. The lowest BCUT2D eigenvalue weighted by Crippen LogP contribution is -2.50. The summed E-state index contributed by atoms with van der Waals surface area (Å²) in [5.41, 5.74) is -0.205. The first-order valence-electron chi connectivity index (χ1n) is 5.55. The summed E-state index contributed by atoms with van der Waals surface area (Å²) in [4.78, 5) is 0. The number of nitrogens with zero attached hydrogens (tertiary/aromatic N) is 2. The van der Waals surface area contributed by atoms with E-state index in [1.807, 2.05) is 17.8 Å². The molecule has 0 aliphatic heterocycles. The second kappa shape index (κ2) is 5.80. The fourth-order valence-electron chi connectivity index (χ4n) is 1.62. The monoisotopic (exact) mass is 289 g/mol. The zero-order valence-electron chi connectivity index (χ0n) is 10.1. The number of hydrogen-bond acceptors (Lipinski definition) is 3. The third-order valence-corrected chi connectivity index (χ3v) is 3.20. The van der Waals surface area contributed by atoms with E-state index < -0.39 is 0 Å². The van der Waals surface area contributed by atoms with Gasteiger partial charge < -0.3 is 10.4 Å². The van der Waals surface area contributed by atoms with Crippen LogP contribution >= 0.6 is 15.9 Å². The number of nitrogens with one attached hydrogen (secondary N) is 1. The van der Waals surface area contributed by atoms with E-state index in [4.69, 9.17) is 0 Å². The summed E-state index contributed by atoms with van der Waals surface area (Å²) >= 11 is 3.37. The van der Waals surface area contributed by atoms with Crippen molar-refractivity contribution in [3.8, 4) is 0 Å². The minimum atomic E-state index is -0.205. The Labute approximate surface area is 105 Å². The number of aliphatic hydroxyl groups excluding tert-OH is 1. The van der Waals surface area contributed by atoms with Crippen LogP contribution in [-0.2, 0) is 6.54 Å². The van der Waals surface area contributed by atoms with Crippen LogP contribution in [-0.4, -0.2) is 33.1 Å². The van der Waals surface area contributed by atoms with E-state index in [0.29, 0.717) is 0 Å². The van der Waals surface area contributed by atoms with Crippen molar-refractivity contribution in [2.75, 3.05) is 6.61 Å². The van der Waals surface area contributed by atoms with Gasteiger partial charge in [-0.1, -0.05) is 6.92 Å². The molecule has 1 rings (SSSR count). The third-order valence-electron chi connectivity index (χ3n) is 2.79. The molecule has 2 N–H and O–H groups in total. The fourth-order valence-corrected chi connectivity index (χ4v) is 1.95. The Hall–Kier alpha value is -0.390. The molecule has 16 heavy (non-hydrogen) atoms. The van der Waals surface area contributed by atoms with Crippen molar-refractivity contribution in [3.63, 3.8) is 0 Å². The van der Waals surface area contributed by atoms with Gasteiger partial charge in [0.05, 0.1) is 23.8 Å². The molecule has 0 saturated heterocycles. The quantitative estimate of drug-likeness (QED) is 0.839. The van der Waals surface area contributed by atoms with Crippen molar-refractivity contribution in [2.45, 2.75) is 45.3 Å². The van der Waals surface area contributed by atoms with E-state index in [-0.39, 0.29) is 18.2 Å². The van der Waals surface area contributed by atoms with Gasteiger partial charge in [0.1, 0.15) is 0 Å². The Kier molecular flexibility index (Phi) is 4.95. The molecule has 0 fully saturated rings. The molecule has 5 heteroatoms. The molecule has 0 radical (unpaired) electrons. The van der Waals surface area contributed by atoms with E-state index in [9.17, 15) is 5.11 Å². The minimum absolute atomic E-state index is 0.149. The van der Waals surface area contributed by atoms with Crippen LogP contribution in [0, 0.1) is 0 Å². The lowest BCUT2D eigenvalue weighted by Gasteiger charge is -2.31. The maximum absolute atomic E-state index is 9.31. The van der Waals surface area contributed by atoms with Crippen molar-refractivity contribution >= 4 is 15.9 Å². The summed E-state index contributed by atoms with van der Waals surface area (Å²) in [7, 11) is 0.